The number of sulfonamides is 1. The van der Waals surface area contributed by atoms with Gasteiger partial charge in [-0.3, -0.25) is 13.9 Å². The highest BCUT2D eigenvalue weighted by molar-refractivity contribution is 7.92. The third-order valence-corrected chi connectivity index (χ3v) is 9.79. The summed E-state index contributed by atoms with van der Waals surface area (Å²) < 4.78 is 29.2. The van der Waals surface area contributed by atoms with Gasteiger partial charge in [-0.05, 0) is 66.9 Å². The maximum atomic E-state index is 14.4. The highest BCUT2D eigenvalue weighted by atomic mass is 35.5. The molecule has 0 saturated carbocycles. The van der Waals surface area contributed by atoms with Crippen LogP contribution >= 0.6 is 23.2 Å². The first kappa shape index (κ1) is 32.1. The molecule has 0 spiro atoms. The van der Waals surface area contributed by atoms with E-state index in [9.17, 15) is 18.0 Å². The zero-order valence-electron chi connectivity index (χ0n) is 24.1. The van der Waals surface area contributed by atoms with Gasteiger partial charge in [0.2, 0.25) is 11.8 Å². The third kappa shape index (κ3) is 7.57. The maximum Gasteiger partial charge on any atom is 0.264 e. The summed E-state index contributed by atoms with van der Waals surface area (Å²) in [5.41, 5.74) is 3.44. The van der Waals surface area contributed by atoms with Gasteiger partial charge in [0.1, 0.15) is 12.6 Å². The van der Waals surface area contributed by atoms with Gasteiger partial charge in [-0.2, -0.15) is 0 Å². The molecule has 4 rings (SSSR count). The molecule has 1 unspecified atom stereocenters. The molecule has 224 valence electrons. The van der Waals surface area contributed by atoms with Crippen molar-refractivity contribution in [1.29, 1.82) is 0 Å². The van der Waals surface area contributed by atoms with E-state index in [2.05, 4.69) is 5.32 Å². The molecule has 43 heavy (non-hydrogen) atoms. The van der Waals surface area contributed by atoms with Crippen molar-refractivity contribution in [1.82, 2.24) is 10.2 Å². The fraction of sp³-hybridized carbons (Fsp3) is 0.212. The Morgan fingerprint density at radius 2 is 1.42 bits per heavy atom. The topological polar surface area (TPSA) is 86.8 Å². The summed E-state index contributed by atoms with van der Waals surface area (Å²) in [7, 11) is -2.69. The lowest BCUT2D eigenvalue weighted by molar-refractivity contribution is -0.139. The zero-order valence-corrected chi connectivity index (χ0v) is 26.5. The van der Waals surface area contributed by atoms with E-state index in [1.54, 1.807) is 48.5 Å². The normalized spacial score (nSPS) is 11.9. The van der Waals surface area contributed by atoms with Crippen molar-refractivity contribution < 1.29 is 18.0 Å². The van der Waals surface area contributed by atoms with Crippen LogP contribution in [0.2, 0.25) is 10.0 Å². The van der Waals surface area contributed by atoms with Crippen molar-refractivity contribution >= 4 is 50.7 Å². The SMILES string of the molecule is CNC(=O)C(Cc1ccccc1)N(Cc1c(Cl)cccc1Cl)C(=O)CN(c1ccc(C)c(C)c1)S(=O)(=O)c1ccccc1. The number of rotatable bonds is 11. The lowest BCUT2D eigenvalue weighted by atomic mass is 10.0. The molecule has 0 fully saturated rings. The lowest BCUT2D eigenvalue weighted by Gasteiger charge is -2.34. The van der Waals surface area contributed by atoms with E-state index in [1.165, 1.54) is 24.1 Å². The van der Waals surface area contributed by atoms with Gasteiger partial charge in [0.05, 0.1) is 10.6 Å². The number of halogens is 2. The summed E-state index contributed by atoms with van der Waals surface area (Å²) in [4.78, 5) is 29.2. The average Bonchev–Trinajstić information content (AvgIpc) is 3.00. The van der Waals surface area contributed by atoms with Crippen LogP contribution in [-0.2, 0) is 32.6 Å². The van der Waals surface area contributed by atoms with E-state index >= 15 is 0 Å². The van der Waals surface area contributed by atoms with Crippen LogP contribution in [0.25, 0.3) is 0 Å². The van der Waals surface area contributed by atoms with Crippen molar-refractivity contribution in [3.63, 3.8) is 0 Å². The monoisotopic (exact) mass is 637 g/mol. The van der Waals surface area contributed by atoms with Crippen LogP contribution in [0.1, 0.15) is 22.3 Å². The standard InChI is InChI=1S/C33H33Cl2N3O4S/c1-23-17-18-26(19-24(23)2)38(43(41,42)27-13-8-5-9-14-27)22-32(39)37(21-28-29(34)15-10-16-30(28)35)31(33(40)36-3)20-25-11-6-4-7-12-25/h4-19,31H,20-22H2,1-3H3,(H,36,40). The van der Waals surface area contributed by atoms with Crippen LogP contribution in [0.3, 0.4) is 0 Å². The van der Waals surface area contributed by atoms with Gasteiger partial charge < -0.3 is 10.2 Å². The Hall–Kier alpha value is -3.85. The summed E-state index contributed by atoms with van der Waals surface area (Å²) in [5, 5.41) is 3.31. The largest absolute Gasteiger partial charge is 0.357 e. The summed E-state index contributed by atoms with van der Waals surface area (Å²) in [5.74, 6) is -1.01. The molecule has 0 aliphatic rings. The second-order valence-electron chi connectivity index (χ2n) is 10.1. The Labute approximate surface area is 263 Å². The predicted molar refractivity (Wildman–Crippen MR) is 172 cm³/mol. The molecule has 0 saturated heterocycles. The number of anilines is 1. The third-order valence-electron chi connectivity index (χ3n) is 7.30. The summed E-state index contributed by atoms with van der Waals surface area (Å²) in [6.45, 7) is 3.12. The van der Waals surface area contributed by atoms with Gasteiger partial charge >= 0.3 is 0 Å². The highest BCUT2D eigenvalue weighted by Gasteiger charge is 2.35. The van der Waals surface area contributed by atoms with E-state index in [0.29, 0.717) is 21.3 Å². The number of benzene rings is 4. The molecule has 0 radical (unpaired) electrons. The van der Waals surface area contributed by atoms with Gasteiger partial charge in [-0.25, -0.2) is 8.42 Å². The van der Waals surface area contributed by atoms with E-state index in [-0.39, 0.29) is 17.9 Å². The van der Waals surface area contributed by atoms with E-state index in [1.807, 2.05) is 50.2 Å². The number of aryl methyl sites for hydroxylation is 2. The van der Waals surface area contributed by atoms with Crippen molar-refractivity contribution in [3.05, 3.63) is 129 Å². The average molecular weight is 639 g/mol. The van der Waals surface area contributed by atoms with E-state index < -0.39 is 34.4 Å². The Bertz CT molecular complexity index is 1680. The Kier molecular flexibility index (Phi) is 10.5. The van der Waals surface area contributed by atoms with Gasteiger partial charge in [0, 0.05) is 35.6 Å². The number of nitrogens with zero attached hydrogens (tertiary/aromatic N) is 2. The molecule has 1 atom stereocenters. The Morgan fingerprint density at radius 1 is 0.814 bits per heavy atom. The molecule has 10 heteroatoms. The van der Waals surface area contributed by atoms with Gasteiger partial charge in [-0.1, -0.05) is 83.9 Å². The highest BCUT2D eigenvalue weighted by Crippen LogP contribution is 2.29. The maximum absolute atomic E-state index is 14.4. The first-order chi connectivity index (χ1) is 20.5. The number of carbonyl (C=O) groups excluding carboxylic acids is 2. The van der Waals surface area contributed by atoms with Crippen molar-refractivity contribution in [2.24, 2.45) is 0 Å². The summed E-state index contributed by atoms with van der Waals surface area (Å²) in [6, 6.07) is 26.4. The minimum Gasteiger partial charge on any atom is -0.357 e. The van der Waals surface area contributed by atoms with Crippen LogP contribution in [-0.4, -0.2) is 44.8 Å². The lowest BCUT2D eigenvalue weighted by Crippen LogP contribution is -2.53. The summed E-state index contributed by atoms with van der Waals surface area (Å²) in [6.07, 6.45) is 0.184. The van der Waals surface area contributed by atoms with E-state index in [0.717, 1.165) is 21.0 Å². The van der Waals surface area contributed by atoms with Gasteiger partial charge in [0.15, 0.2) is 0 Å². The molecule has 2 amide bonds. The molecule has 0 heterocycles. The minimum atomic E-state index is -4.18. The first-order valence-corrected chi connectivity index (χ1v) is 15.9. The van der Waals surface area contributed by atoms with Crippen LogP contribution in [0.5, 0.6) is 0 Å². The van der Waals surface area contributed by atoms with Crippen LogP contribution in [0.15, 0.2) is 102 Å². The number of amides is 2. The number of carbonyl (C=O) groups is 2. The molecule has 1 N–H and O–H groups in total. The fourth-order valence-corrected chi connectivity index (χ4v) is 6.65. The van der Waals surface area contributed by atoms with Gasteiger partial charge in [0.25, 0.3) is 10.0 Å². The second-order valence-corrected chi connectivity index (χ2v) is 12.8. The van der Waals surface area contributed by atoms with Crippen molar-refractivity contribution in [2.75, 3.05) is 17.9 Å². The molecule has 4 aromatic carbocycles. The Morgan fingerprint density at radius 3 is 2.00 bits per heavy atom. The molecule has 0 aromatic heterocycles. The molecular formula is C33H33Cl2N3O4S. The zero-order chi connectivity index (χ0) is 31.1. The number of likely N-dealkylation sites (N-methyl/N-ethyl adjacent to an activating group) is 1. The predicted octanol–water partition coefficient (Wildman–Crippen LogP) is 6.19. The van der Waals surface area contributed by atoms with E-state index in [4.69, 9.17) is 23.2 Å². The molecule has 0 aliphatic heterocycles. The smallest absolute Gasteiger partial charge is 0.264 e. The summed E-state index contributed by atoms with van der Waals surface area (Å²) >= 11 is 13.0. The van der Waals surface area contributed by atoms with Crippen LogP contribution in [0.4, 0.5) is 5.69 Å². The number of hydrogen-bond acceptors (Lipinski definition) is 4. The number of nitrogens with one attached hydrogen (secondary N) is 1. The van der Waals surface area contributed by atoms with Crippen molar-refractivity contribution in [2.45, 2.75) is 37.8 Å². The second kappa shape index (κ2) is 14.1. The van der Waals surface area contributed by atoms with Crippen LogP contribution < -0.4 is 9.62 Å². The Balaban J connectivity index is 1.83. The first-order valence-electron chi connectivity index (χ1n) is 13.7. The molecule has 7 nitrogen and oxygen atoms in total. The quantitative estimate of drug-likeness (QED) is 0.212. The van der Waals surface area contributed by atoms with Crippen LogP contribution in [0, 0.1) is 13.8 Å². The molecule has 0 bridgehead atoms. The number of hydrogen-bond donors (Lipinski definition) is 1. The molecule has 4 aromatic rings. The van der Waals surface area contributed by atoms with Crippen molar-refractivity contribution in [3.8, 4) is 0 Å². The van der Waals surface area contributed by atoms with Gasteiger partial charge in [-0.15, -0.1) is 0 Å². The molecule has 0 aliphatic carbocycles. The fourth-order valence-electron chi connectivity index (χ4n) is 4.70. The molecular weight excluding hydrogens is 605 g/mol. The minimum absolute atomic E-state index is 0.0360.